The second kappa shape index (κ2) is 9.12. The molecule has 1 fully saturated rings. The number of hydrogen-bond acceptors (Lipinski definition) is 5. The van der Waals surface area contributed by atoms with Gasteiger partial charge in [-0.1, -0.05) is 0 Å². The Kier molecular flexibility index (Phi) is 6.45. The van der Waals surface area contributed by atoms with E-state index < -0.39 is 81.5 Å². The molecule has 1 saturated carbocycles. The van der Waals surface area contributed by atoms with Crippen LogP contribution >= 0.6 is 0 Å². The van der Waals surface area contributed by atoms with Gasteiger partial charge in [0.05, 0.1) is 17.6 Å². The van der Waals surface area contributed by atoms with Gasteiger partial charge >= 0.3 is 6.18 Å². The third-order valence-electron chi connectivity index (χ3n) is 6.04. The van der Waals surface area contributed by atoms with Crippen molar-refractivity contribution in [2.45, 2.75) is 25.1 Å². The van der Waals surface area contributed by atoms with E-state index in [0.29, 0.717) is 16.7 Å². The monoisotopic (exact) mass is 514 g/mol. The molecule has 1 aliphatic carbocycles. The molecule has 192 valence electrons. The number of rotatable bonds is 7. The van der Waals surface area contributed by atoms with Crippen molar-refractivity contribution in [1.29, 1.82) is 0 Å². The maximum absolute atomic E-state index is 14.4. The highest BCUT2D eigenvalue weighted by Crippen LogP contribution is 2.50. The zero-order valence-corrected chi connectivity index (χ0v) is 18.7. The van der Waals surface area contributed by atoms with Crippen LogP contribution in [0.4, 0.5) is 32.2 Å². The summed E-state index contributed by atoms with van der Waals surface area (Å²) in [4.78, 5) is 30.8. The first-order chi connectivity index (χ1) is 16.9. The van der Waals surface area contributed by atoms with E-state index in [1.165, 1.54) is 7.05 Å². The highest BCUT2D eigenvalue weighted by Gasteiger charge is 2.52. The van der Waals surface area contributed by atoms with Gasteiger partial charge in [0.2, 0.25) is 5.43 Å². The summed E-state index contributed by atoms with van der Waals surface area (Å²) in [6.45, 7) is -0.763. The third kappa shape index (κ3) is 4.38. The first kappa shape index (κ1) is 25.5. The number of carbonyl (C=O) groups is 1. The highest BCUT2D eigenvalue weighted by molar-refractivity contribution is 6.01. The van der Waals surface area contributed by atoms with Crippen molar-refractivity contribution in [1.82, 2.24) is 9.55 Å². The predicted molar refractivity (Wildman–Crippen MR) is 118 cm³/mol. The van der Waals surface area contributed by atoms with Crippen LogP contribution in [0.25, 0.3) is 22.2 Å². The average molecular weight is 514 g/mol. The molecule has 1 aliphatic rings. The minimum absolute atomic E-state index is 0.219. The molecule has 7 nitrogen and oxygen atoms in total. The standard InChI is InChI=1S/C23H20F6N4O3/c1-32(4-5-34)22-17(20(30)36)18(35)13-6-11(16-14(25)7-12(24)8-15(16)26)9-31-21(13)33(22)19(10-2-3-10)23(27,28)29/h6-10,19,34H,2-5H2,1H3,(H2,30,36)/t19-/m0/s1. The van der Waals surface area contributed by atoms with E-state index in [2.05, 4.69) is 4.98 Å². The molecule has 0 bridgehead atoms. The summed E-state index contributed by atoms with van der Waals surface area (Å²) in [5, 5.41) is 8.83. The van der Waals surface area contributed by atoms with Crippen LogP contribution in [0.15, 0.2) is 29.2 Å². The van der Waals surface area contributed by atoms with Crippen molar-refractivity contribution < 1.29 is 36.2 Å². The van der Waals surface area contributed by atoms with Gasteiger partial charge in [0, 0.05) is 37.5 Å². The number of pyridine rings is 2. The van der Waals surface area contributed by atoms with Crippen LogP contribution in [0.1, 0.15) is 29.2 Å². The number of amides is 1. The van der Waals surface area contributed by atoms with Crippen LogP contribution in [0.3, 0.4) is 0 Å². The first-order valence-electron chi connectivity index (χ1n) is 10.8. The Labute approximate surface area is 199 Å². The van der Waals surface area contributed by atoms with Crippen LogP contribution < -0.4 is 16.1 Å². The van der Waals surface area contributed by atoms with Gasteiger partial charge in [-0.25, -0.2) is 18.2 Å². The number of carbonyl (C=O) groups excluding carboxylic acids is 1. The molecule has 2 heterocycles. The highest BCUT2D eigenvalue weighted by atomic mass is 19.4. The number of likely N-dealkylation sites (N-methyl/N-ethyl adjacent to an activating group) is 1. The zero-order valence-electron chi connectivity index (χ0n) is 18.7. The Hall–Kier alpha value is -3.61. The molecular formula is C23H20F6N4O3. The van der Waals surface area contributed by atoms with Crippen LogP contribution in [-0.2, 0) is 0 Å². The number of alkyl halides is 3. The van der Waals surface area contributed by atoms with E-state index in [0.717, 1.165) is 17.2 Å². The van der Waals surface area contributed by atoms with Crippen LogP contribution in [0, 0.1) is 23.4 Å². The van der Waals surface area contributed by atoms with Crippen LogP contribution in [0.5, 0.6) is 0 Å². The summed E-state index contributed by atoms with van der Waals surface area (Å²) in [6.07, 6.45) is -3.53. The SMILES string of the molecule is CN(CCO)c1c(C(N)=O)c(=O)c2cc(-c3c(F)cc(F)cc3F)cnc2n1[C@@H](C1CC1)C(F)(F)F. The Bertz CT molecular complexity index is 1390. The predicted octanol–water partition coefficient (Wildman–Crippen LogP) is 3.52. The molecule has 3 N–H and O–H groups in total. The molecule has 1 aromatic carbocycles. The lowest BCUT2D eigenvalue weighted by atomic mass is 10.0. The quantitative estimate of drug-likeness (QED) is 0.470. The van der Waals surface area contributed by atoms with Crippen molar-refractivity contribution >= 4 is 22.8 Å². The van der Waals surface area contributed by atoms with Crippen LogP contribution in [-0.4, -0.2) is 46.9 Å². The molecule has 0 saturated heterocycles. The van der Waals surface area contributed by atoms with Crippen molar-refractivity contribution in [3.05, 3.63) is 57.6 Å². The molecule has 2 aromatic heterocycles. The third-order valence-corrected chi connectivity index (χ3v) is 6.04. The maximum atomic E-state index is 14.4. The number of aliphatic hydroxyl groups is 1. The summed E-state index contributed by atoms with van der Waals surface area (Å²) in [5.41, 5.74) is 1.90. The van der Waals surface area contributed by atoms with E-state index >= 15 is 0 Å². The molecule has 13 heteroatoms. The average Bonchev–Trinajstić information content (AvgIpc) is 3.58. The maximum Gasteiger partial charge on any atom is 0.409 e. The Balaban J connectivity index is 2.14. The summed E-state index contributed by atoms with van der Waals surface area (Å²) in [7, 11) is 1.28. The summed E-state index contributed by atoms with van der Waals surface area (Å²) >= 11 is 0. The molecule has 0 aliphatic heterocycles. The fourth-order valence-electron chi connectivity index (χ4n) is 4.38. The zero-order chi connectivity index (χ0) is 26.5. The van der Waals surface area contributed by atoms with Gasteiger partial charge in [-0.15, -0.1) is 0 Å². The topological polar surface area (TPSA) is 101 Å². The number of primary amides is 1. The lowest BCUT2D eigenvalue weighted by molar-refractivity contribution is -0.172. The second-order valence-electron chi connectivity index (χ2n) is 8.57. The van der Waals surface area contributed by atoms with Crippen molar-refractivity contribution in [3.8, 4) is 11.1 Å². The van der Waals surface area contributed by atoms with Crippen molar-refractivity contribution in [3.63, 3.8) is 0 Å². The molecular weight excluding hydrogens is 494 g/mol. The number of aliphatic hydroxyl groups excluding tert-OH is 1. The molecule has 0 radical (unpaired) electrons. The van der Waals surface area contributed by atoms with Crippen LogP contribution in [0.2, 0.25) is 0 Å². The van der Waals surface area contributed by atoms with Gasteiger partial charge in [0.1, 0.15) is 40.5 Å². The van der Waals surface area contributed by atoms with E-state index in [9.17, 15) is 41.0 Å². The second-order valence-corrected chi connectivity index (χ2v) is 8.57. The van der Waals surface area contributed by atoms with Crippen molar-refractivity contribution in [2.75, 3.05) is 25.1 Å². The minimum atomic E-state index is -4.83. The number of benzene rings is 1. The number of fused-ring (bicyclic) bond motifs is 1. The van der Waals surface area contributed by atoms with E-state index in [-0.39, 0.29) is 24.9 Å². The van der Waals surface area contributed by atoms with Gasteiger partial charge in [-0.05, 0) is 24.8 Å². The number of halogens is 6. The normalized spacial score (nSPS) is 14.8. The summed E-state index contributed by atoms with van der Waals surface area (Å²) < 4.78 is 85.8. The Morgan fingerprint density at radius 1 is 1.22 bits per heavy atom. The van der Waals surface area contributed by atoms with E-state index in [1.54, 1.807) is 0 Å². The first-order valence-corrected chi connectivity index (χ1v) is 10.8. The van der Waals surface area contributed by atoms with E-state index in [1.807, 2.05) is 0 Å². The molecule has 1 atom stereocenters. The lowest BCUT2D eigenvalue weighted by Crippen LogP contribution is -2.38. The van der Waals surface area contributed by atoms with Gasteiger partial charge in [0.25, 0.3) is 5.91 Å². The fourth-order valence-corrected chi connectivity index (χ4v) is 4.38. The fraction of sp³-hybridized carbons (Fsp3) is 0.348. The van der Waals surface area contributed by atoms with Gasteiger partial charge in [-0.2, -0.15) is 13.2 Å². The molecule has 4 rings (SSSR count). The summed E-state index contributed by atoms with van der Waals surface area (Å²) in [6, 6.07) is -0.513. The minimum Gasteiger partial charge on any atom is -0.395 e. The Morgan fingerprint density at radius 2 is 1.83 bits per heavy atom. The largest absolute Gasteiger partial charge is 0.409 e. The number of nitrogens with zero attached hydrogens (tertiary/aromatic N) is 3. The number of nitrogens with two attached hydrogens (primary N) is 1. The van der Waals surface area contributed by atoms with Gasteiger partial charge in [0.15, 0.2) is 0 Å². The number of aromatic nitrogens is 2. The molecule has 0 unspecified atom stereocenters. The van der Waals surface area contributed by atoms with Gasteiger partial charge < -0.3 is 15.7 Å². The van der Waals surface area contributed by atoms with Gasteiger partial charge in [-0.3, -0.25) is 14.2 Å². The van der Waals surface area contributed by atoms with E-state index in [4.69, 9.17) is 5.73 Å². The lowest BCUT2D eigenvalue weighted by Gasteiger charge is -2.32. The number of hydrogen-bond donors (Lipinski definition) is 2. The molecule has 0 spiro atoms. The molecule has 36 heavy (non-hydrogen) atoms. The summed E-state index contributed by atoms with van der Waals surface area (Å²) in [5.74, 6) is -6.55. The molecule has 3 aromatic rings. The Morgan fingerprint density at radius 3 is 2.33 bits per heavy atom. The van der Waals surface area contributed by atoms with Crippen molar-refractivity contribution in [2.24, 2.45) is 11.7 Å². The smallest absolute Gasteiger partial charge is 0.395 e. The number of anilines is 1. The molecule has 1 amide bonds.